The highest BCUT2D eigenvalue weighted by atomic mass is 32.2. The molecule has 1 unspecified atom stereocenters. The van der Waals surface area contributed by atoms with E-state index in [1.807, 2.05) is 12.1 Å². The fraction of sp³-hybridized carbons (Fsp3) is 0.182. The third kappa shape index (κ3) is 4.31. The van der Waals surface area contributed by atoms with Gasteiger partial charge >= 0.3 is 12.6 Å². The maximum absolute atomic E-state index is 11.7. The van der Waals surface area contributed by atoms with Gasteiger partial charge in [0.25, 0.3) is 0 Å². The molecule has 1 aromatic rings. The number of amides is 2. The number of urea groups is 1. The summed E-state index contributed by atoms with van der Waals surface area (Å²) in [5.41, 5.74) is 0.926. The molecule has 1 aliphatic heterocycles. The number of ether oxygens (including phenoxy) is 1. The van der Waals surface area contributed by atoms with Crippen molar-refractivity contribution in [1.29, 1.82) is 0 Å². The standard InChI is InChI=1S/C11H13BN4O4S/c1-20-9-4-2-8(3-5-9)6-13-11(17)15-21-12-10(7-14-21)16(18)19/h2-5,7,12H,6H2,1H3,(H2,13,14,15,17). The van der Waals surface area contributed by atoms with Crippen LogP contribution < -0.4 is 14.8 Å². The molecule has 1 atom stereocenters. The van der Waals surface area contributed by atoms with E-state index in [1.165, 1.54) is 6.20 Å². The topological polar surface area (TPSA) is 106 Å². The highest BCUT2D eigenvalue weighted by Gasteiger charge is 2.22. The molecule has 0 saturated heterocycles. The number of methoxy groups -OCH3 is 1. The minimum Gasteiger partial charge on any atom is -0.497 e. The van der Waals surface area contributed by atoms with E-state index in [0.717, 1.165) is 11.3 Å². The number of nitro groups is 1. The molecular formula is C11H13BN4O4S. The molecule has 1 aliphatic rings. The Morgan fingerprint density at radius 3 is 2.76 bits per heavy atom. The highest BCUT2D eigenvalue weighted by molar-refractivity contribution is 8.11. The van der Waals surface area contributed by atoms with Crippen molar-refractivity contribution < 1.29 is 14.5 Å². The molecule has 2 N–H and O–H groups in total. The first-order valence-corrected chi connectivity index (χ1v) is 7.36. The lowest BCUT2D eigenvalue weighted by atomic mass is 10.1. The minimum absolute atomic E-state index is 0.00814. The first-order chi connectivity index (χ1) is 10.1. The highest BCUT2D eigenvalue weighted by Crippen LogP contribution is 2.11. The van der Waals surface area contributed by atoms with Crippen LogP contribution in [-0.2, 0) is 17.3 Å². The van der Waals surface area contributed by atoms with Crippen LogP contribution in [0.25, 0.3) is 0 Å². The normalized spacial score (nSPS) is 16.2. The van der Waals surface area contributed by atoms with Crippen LogP contribution in [0, 0.1) is 10.1 Å². The molecule has 0 aromatic heterocycles. The largest absolute Gasteiger partial charge is 0.497 e. The molecule has 2 rings (SSSR count). The van der Waals surface area contributed by atoms with E-state index in [-0.39, 0.29) is 12.2 Å². The van der Waals surface area contributed by atoms with Crippen LogP contribution >= 0.6 is 0 Å². The second-order valence-electron chi connectivity index (χ2n) is 4.12. The average molecular weight is 308 g/mol. The number of nitrogens with one attached hydrogen (secondary N) is 2. The summed E-state index contributed by atoms with van der Waals surface area (Å²) < 4.78 is 11.5. The Morgan fingerprint density at radius 1 is 1.48 bits per heavy atom. The van der Waals surface area contributed by atoms with E-state index in [4.69, 9.17) is 4.74 Å². The molecule has 0 bridgehead atoms. The van der Waals surface area contributed by atoms with Gasteiger partial charge < -0.3 is 10.1 Å². The van der Waals surface area contributed by atoms with Crippen LogP contribution in [0.2, 0.25) is 0 Å². The van der Waals surface area contributed by atoms with E-state index in [9.17, 15) is 14.9 Å². The van der Waals surface area contributed by atoms with Crippen LogP contribution in [-0.4, -0.2) is 24.6 Å². The summed E-state index contributed by atoms with van der Waals surface area (Å²) in [6.07, 6.45) is 1.19. The van der Waals surface area contributed by atoms with E-state index in [1.54, 1.807) is 19.2 Å². The lowest BCUT2D eigenvalue weighted by Gasteiger charge is -2.08. The number of nitrogens with zero attached hydrogens (tertiary/aromatic N) is 2. The zero-order valence-corrected chi connectivity index (χ0v) is 12.1. The van der Waals surface area contributed by atoms with Gasteiger partial charge in [-0.2, -0.15) is 0 Å². The third-order valence-electron chi connectivity index (χ3n) is 2.67. The smallest absolute Gasteiger partial charge is 0.360 e. The number of carbonyl (C=O) groups is 1. The molecule has 0 radical (unpaired) electrons. The van der Waals surface area contributed by atoms with Gasteiger partial charge in [-0.15, -0.1) is 0 Å². The Kier molecular flexibility index (Phi) is 4.93. The number of rotatable bonds is 5. The molecule has 10 heteroatoms. The SMILES string of the molecule is COc1ccc(CNC(=O)NS2=NC=C([N+](=O)[O-])B2)cc1. The average Bonchev–Trinajstić information content (AvgIpc) is 2.94. The molecule has 2 amide bonds. The minimum atomic E-state index is -0.862. The van der Waals surface area contributed by atoms with Gasteiger partial charge in [0.05, 0.1) is 13.3 Å². The van der Waals surface area contributed by atoms with E-state index in [0.29, 0.717) is 6.54 Å². The van der Waals surface area contributed by atoms with Crippen molar-refractivity contribution >= 4 is 23.3 Å². The summed E-state index contributed by atoms with van der Waals surface area (Å²) in [6, 6.07) is 6.88. The summed E-state index contributed by atoms with van der Waals surface area (Å²) in [5, 5.41) is 13.2. The van der Waals surface area contributed by atoms with Gasteiger partial charge in [0.1, 0.15) is 5.75 Å². The Balaban J connectivity index is 1.77. The van der Waals surface area contributed by atoms with Crippen LogP contribution in [0.1, 0.15) is 5.56 Å². The van der Waals surface area contributed by atoms with Crippen LogP contribution in [0.3, 0.4) is 0 Å². The van der Waals surface area contributed by atoms with Gasteiger partial charge in [-0.25, -0.2) is 9.16 Å². The van der Waals surface area contributed by atoms with Crippen molar-refractivity contribution in [2.75, 3.05) is 7.11 Å². The number of hydrogen-bond acceptors (Lipinski definition) is 5. The van der Waals surface area contributed by atoms with Crippen molar-refractivity contribution in [2.24, 2.45) is 4.36 Å². The van der Waals surface area contributed by atoms with E-state index in [2.05, 4.69) is 14.4 Å². The van der Waals surface area contributed by atoms with Crippen LogP contribution in [0.15, 0.2) is 40.4 Å². The molecule has 0 fully saturated rings. The van der Waals surface area contributed by atoms with Crippen molar-refractivity contribution in [3.63, 3.8) is 0 Å². The molecule has 0 spiro atoms. The third-order valence-corrected chi connectivity index (χ3v) is 4.02. The fourth-order valence-electron chi connectivity index (χ4n) is 1.57. The van der Waals surface area contributed by atoms with Gasteiger partial charge in [0.2, 0.25) is 5.60 Å². The van der Waals surface area contributed by atoms with Crippen molar-refractivity contribution in [1.82, 2.24) is 10.0 Å². The number of carbonyl (C=O) groups excluding carboxylic acids is 1. The Bertz CT molecular complexity index is 617. The quantitative estimate of drug-likeness (QED) is 0.473. The summed E-state index contributed by atoms with van der Waals surface area (Å²) >= 11 is 0. The zero-order chi connectivity index (χ0) is 15.2. The summed E-state index contributed by atoms with van der Waals surface area (Å²) in [5.74, 6) is 0.743. The Morgan fingerprint density at radius 2 is 2.19 bits per heavy atom. The zero-order valence-electron chi connectivity index (χ0n) is 11.2. The van der Waals surface area contributed by atoms with Crippen molar-refractivity contribution in [3.05, 3.63) is 51.7 Å². The summed E-state index contributed by atoms with van der Waals surface area (Å²) in [4.78, 5) is 21.7. The predicted molar refractivity (Wildman–Crippen MR) is 80.4 cm³/mol. The summed E-state index contributed by atoms with van der Waals surface area (Å²) in [7, 11) is 0.721. The molecule has 1 heterocycles. The van der Waals surface area contributed by atoms with E-state index < -0.39 is 21.7 Å². The van der Waals surface area contributed by atoms with Crippen LogP contribution in [0.5, 0.6) is 5.75 Å². The van der Waals surface area contributed by atoms with Gasteiger partial charge in [0.15, 0.2) is 0 Å². The lowest BCUT2D eigenvalue weighted by Crippen LogP contribution is -2.37. The monoisotopic (exact) mass is 308 g/mol. The van der Waals surface area contributed by atoms with Crippen molar-refractivity contribution in [3.8, 4) is 5.75 Å². The van der Waals surface area contributed by atoms with Gasteiger partial charge in [-0.05, 0) is 28.4 Å². The number of benzene rings is 1. The van der Waals surface area contributed by atoms with Crippen molar-refractivity contribution in [2.45, 2.75) is 6.54 Å². The second-order valence-corrected chi connectivity index (χ2v) is 5.56. The predicted octanol–water partition coefficient (Wildman–Crippen LogP) is 0.652. The maximum Gasteiger partial charge on any atom is 0.360 e. The first kappa shape index (κ1) is 15.0. The van der Waals surface area contributed by atoms with Gasteiger partial charge in [-0.3, -0.25) is 14.8 Å². The van der Waals surface area contributed by atoms with Gasteiger partial charge in [-0.1, -0.05) is 12.1 Å². The molecule has 0 saturated carbocycles. The lowest BCUT2D eigenvalue weighted by molar-refractivity contribution is -0.412. The number of hydrogen-bond donors (Lipinski definition) is 2. The molecule has 0 aliphatic carbocycles. The van der Waals surface area contributed by atoms with E-state index >= 15 is 0 Å². The fourth-order valence-corrected chi connectivity index (χ4v) is 2.76. The molecule has 21 heavy (non-hydrogen) atoms. The molecular weight excluding hydrogens is 295 g/mol. The molecule has 1 aromatic carbocycles. The Labute approximate surface area is 124 Å². The molecule has 8 nitrogen and oxygen atoms in total. The first-order valence-electron chi connectivity index (χ1n) is 6.01. The van der Waals surface area contributed by atoms with Gasteiger partial charge in [0, 0.05) is 11.5 Å². The molecule has 110 valence electrons. The second kappa shape index (κ2) is 6.89. The summed E-state index contributed by atoms with van der Waals surface area (Å²) in [6.45, 7) is 0.478. The maximum atomic E-state index is 11.7. The Hall–Kier alpha value is -2.36. The van der Waals surface area contributed by atoms with Crippen LogP contribution in [0.4, 0.5) is 4.79 Å².